The molecule has 0 saturated heterocycles. The van der Waals surface area contributed by atoms with E-state index in [9.17, 15) is 13.2 Å². The predicted octanol–water partition coefficient (Wildman–Crippen LogP) is 6.16. The van der Waals surface area contributed by atoms with Gasteiger partial charge < -0.3 is 4.74 Å². The van der Waals surface area contributed by atoms with E-state index in [1.807, 2.05) is 25.3 Å². The van der Waals surface area contributed by atoms with Crippen LogP contribution in [0.4, 0.5) is 0 Å². The summed E-state index contributed by atoms with van der Waals surface area (Å²) < 4.78 is 34.8. The van der Waals surface area contributed by atoms with E-state index < -0.39 is 10.0 Å². The molecule has 180 valence electrons. The van der Waals surface area contributed by atoms with Gasteiger partial charge >= 0.3 is 0 Å². The first-order valence-corrected chi connectivity index (χ1v) is 14.0. The van der Waals surface area contributed by atoms with Crippen molar-refractivity contribution < 1.29 is 17.9 Å². The SMILES string of the molecule is CCC(c1ccc(C)c(CN2C[C@@H](CC)Oc3ccccc3S2(=O)=O)c1)c1cc(C(C)=O)cs1. The first-order chi connectivity index (χ1) is 16.2. The highest BCUT2D eigenvalue weighted by atomic mass is 32.2. The summed E-state index contributed by atoms with van der Waals surface area (Å²) >= 11 is 1.61. The zero-order valence-electron chi connectivity index (χ0n) is 20.1. The normalized spacial score (nSPS) is 18.5. The van der Waals surface area contributed by atoms with Gasteiger partial charge in [-0.3, -0.25) is 4.79 Å². The Kier molecular flexibility index (Phi) is 7.26. The van der Waals surface area contributed by atoms with Gasteiger partial charge in [0.1, 0.15) is 16.7 Å². The van der Waals surface area contributed by atoms with Crippen molar-refractivity contribution in [2.24, 2.45) is 0 Å². The van der Waals surface area contributed by atoms with E-state index in [1.165, 1.54) is 0 Å². The Morgan fingerprint density at radius 3 is 2.62 bits per heavy atom. The van der Waals surface area contributed by atoms with Crippen LogP contribution in [0.1, 0.15) is 71.5 Å². The fourth-order valence-electron chi connectivity index (χ4n) is 4.39. The van der Waals surface area contributed by atoms with Crippen LogP contribution in [0.15, 0.2) is 58.8 Å². The minimum absolute atomic E-state index is 0.0706. The van der Waals surface area contributed by atoms with Crippen LogP contribution in [0.5, 0.6) is 5.75 Å². The molecule has 5 nitrogen and oxygen atoms in total. The highest BCUT2D eigenvalue weighted by Gasteiger charge is 2.34. The fraction of sp³-hybridized carbons (Fsp3) is 0.370. The maximum absolute atomic E-state index is 13.6. The van der Waals surface area contributed by atoms with Crippen LogP contribution < -0.4 is 4.74 Å². The predicted molar refractivity (Wildman–Crippen MR) is 136 cm³/mol. The quantitative estimate of drug-likeness (QED) is 0.367. The fourth-order valence-corrected chi connectivity index (χ4v) is 7.12. The number of carbonyl (C=O) groups is 1. The Labute approximate surface area is 206 Å². The number of rotatable bonds is 7. The lowest BCUT2D eigenvalue weighted by molar-refractivity contribution is 0.101. The number of para-hydroxylation sites is 1. The smallest absolute Gasteiger partial charge is 0.247 e. The van der Waals surface area contributed by atoms with Crippen LogP contribution >= 0.6 is 11.3 Å². The third-order valence-corrected chi connectivity index (χ3v) is 9.42. The van der Waals surface area contributed by atoms with E-state index in [2.05, 4.69) is 25.1 Å². The molecule has 0 bridgehead atoms. The number of nitrogens with zero attached hydrogens (tertiary/aromatic N) is 1. The Hall–Kier alpha value is -2.48. The van der Waals surface area contributed by atoms with Crippen molar-refractivity contribution >= 4 is 27.1 Å². The number of ketones is 1. The van der Waals surface area contributed by atoms with E-state index in [4.69, 9.17) is 4.74 Å². The number of fused-ring (bicyclic) bond motifs is 1. The molecule has 0 spiro atoms. The number of hydrogen-bond acceptors (Lipinski definition) is 5. The van der Waals surface area contributed by atoms with Gasteiger partial charge in [-0.1, -0.05) is 44.2 Å². The lowest BCUT2D eigenvalue weighted by atomic mass is 9.91. The molecule has 34 heavy (non-hydrogen) atoms. The van der Waals surface area contributed by atoms with Gasteiger partial charge in [-0.2, -0.15) is 4.31 Å². The largest absolute Gasteiger partial charge is 0.488 e. The third kappa shape index (κ3) is 4.83. The summed E-state index contributed by atoms with van der Waals surface area (Å²) in [6.07, 6.45) is 1.40. The number of sulfonamides is 1. The average Bonchev–Trinajstić information content (AvgIpc) is 3.27. The molecule has 0 amide bonds. The van der Waals surface area contributed by atoms with Crippen molar-refractivity contribution in [1.82, 2.24) is 4.31 Å². The van der Waals surface area contributed by atoms with Gasteiger partial charge in [-0.15, -0.1) is 11.3 Å². The molecule has 2 heterocycles. The molecule has 2 atom stereocenters. The van der Waals surface area contributed by atoms with Crippen LogP contribution in [0, 0.1) is 6.92 Å². The molecular formula is C27H31NO4S2. The number of carbonyl (C=O) groups excluding carboxylic acids is 1. The van der Waals surface area contributed by atoms with Crippen molar-refractivity contribution in [2.75, 3.05) is 6.54 Å². The number of Topliss-reactive ketones (excluding diaryl/α,β-unsaturated/α-hetero) is 1. The van der Waals surface area contributed by atoms with E-state index in [0.717, 1.165) is 33.6 Å². The lowest BCUT2D eigenvalue weighted by Crippen LogP contribution is -2.36. The van der Waals surface area contributed by atoms with Gasteiger partial charge in [-0.05, 0) is 61.6 Å². The monoisotopic (exact) mass is 497 g/mol. The van der Waals surface area contributed by atoms with Crippen molar-refractivity contribution in [2.45, 2.75) is 64.0 Å². The van der Waals surface area contributed by atoms with Gasteiger partial charge in [0.15, 0.2) is 5.78 Å². The molecular weight excluding hydrogens is 466 g/mol. The number of benzene rings is 2. The van der Waals surface area contributed by atoms with Crippen LogP contribution in [-0.2, 0) is 16.6 Å². The highest BCUT2D eigenvalue weighted by Crippen LogP contribution is 2.36. The summed E-state index contributed by atoms with van der Waals surface area (Å²) in [6, 6.07) is 15.2. The van der Waals surface area contributed by atoms with Gasteiger partial charge in [0.25, 0.3) is 0 Å². The Balaban J connectivity index is 1.69. The van der Waals surface area contributed by atoms with Gasteiger partial charge in [0.05, 0.1) is 6.54 Å². The first-order valence-electron chi connectivity index (χ1n) is 11.7. The zero-order chi connectivity index (χ0) is 24.5. The van der Waals surface area contributed by atoms with E-state index in [-0.39, 0.29) is 29.2 Å². The molecule has 0 fully saturated rings. The second-order valence-electron chi connectivity index (χ2n) is 8.83. The topological polar surface area (TPSA) is 63.7 Å². The molecule has 3 aromatic rings. The molecule has 0 saturated carbocycles. The molecule has 1 unspecified atom stereocenters. The molecule has 1 aromatic heterocycles. The highest BCUT2D eigenvalue weighted by molar-refractivity contribution is 7.89. The van der Waals surface area contributed by atoms with Gasteiger partial charge in [0.2, 0.25) is 10.0 Å². The van der Waals surface area contributed by atoms with E-state index >= 15 is 0 Å². The van der Waals surface area contributed by atoms with Crippen molar-refractivity contribution in [1.29, 1.82) is 0 Å². The molecule has 1 aliphatic rings. The molecule has 2 aromatic carbocycles. The first kappa shape index (κ1) is 24.6. The van der Waals surface area contributed by atoms with Crippen molar-refractivity contribution in [3.8, 4) is 5.75 Å². The number of thiophene rings is 1. The Morgan fingerprint density at radius 2 is 1.94 bits per heavy atom. The van der Waals surface area contributed by atoms with Crippen LogP contribution in [0.25, 0.3) is 0 Å². The summed E-state index contributed by atoms with van der Waals surface area (Å²) in [5.41, 5.74) is 3.91. The Morgan fingerprint density at radius 1 is 1.18 bits per heavy atom. The number of ether oxygens (including phenoxy) is 1. The maximum atomic E-state index is 13.6. The lowest BCUT2D eigenvalue weighted by Gasteiger charge is -2.24. The molecule has 0 aliphatic carbocycles. The summed E-state index contributed by atoms with van der Waals surface area (Å²) in [4.78, 5) is 13.2. The number of hydrogen-bond donors (Lipinski definition) is 0. The zero-order valence-corrected chi connectivity index (χ0v) is 21.7. The minimum atomic E-state index is -3.70. The molecule has 4 rings (SSSR count). The van der Waals surface area contributed by atoms with Gasteiger partial charge in [0, 0.05) is 28.3 Å². The number of aryl methyl sites for hydroxylation is 1. The second-order valence-corrected chi connectivity index (χ2v) is 11.7. The summed E-state index contributed by atoms with van der Waals surface area (Å²) in [5, 5.41) is 1.92. The average molecular weight is 498 g/mol. The van der Waals surface area contributed by atoms with Crippen molar-refractivity contribution in [3.63, 3.8) is 0 Å². The molecule has 1 aliphatic heterocycles. The van der Waals surface area contributed by atoms with Crippen LogP contribution in [-0.4, -0.2) is 31.2 Å². The van der Waals surface area contributed by atoms with Crippen molar-refractivity contribution in [3.05, 3.63) is 81.0 Å². The summed E-state index contributed by atoms with van der Waals surface area (Å²) in [5.74, 6) is 0.652. The Bertz CT molecular complexity index is 1300. The molecule has 0 N–H and O–H groups in total. The minimum Gasteiger partial charge on any atom is -0.488 e. The summed E-state index contributed by atoms with van der Waals surface area (Å²) in [7, 11) is -3.70. The van der Waals surface area contributed by atoms with Gasteiger partial charge in [-0.25, -0.2) is 8.42 Å². The van der Waals surface area contributed by atoms with Crippen LogP contribution in [0.2, 0.25) is 0 Å². The second kappa shape index (κ2) is 10.0. The van der Waals surface area contributed by atoms with E-state index in [1.54, 1.807) is 46.8 Å². The standard InChI is InChI=1S/C27H31NO4S2/c1-5-23-16-28(34(30,31)27-10-8-7-9-25(27)32-23)15-21-13-20(12-11-18(21)3)24(6-2)26-14-22(17-33-26)19(4)29/h7-14,17,23-24H,5-6,15-16H2,1-4H3/t23-,24?/m1/s1. The third-order valence-electron chi connectivity index (χ3n) is 6.52. The molecule has 7 heteroatoms. The maximum Gasteiger partial charge on any atom is 0.247 e. The van der Waals surface area contributed by atoms with E-state index in [0.29, 0.717) is 18.7 Å². The van der Waals surface area contributed by atoms with Crippen LogP contribution in [0.3, 0.4) is 0 Å². The molecule has 0 radical (unpaired) electrons. The summed E-state index contributed by atoms with van der Waals surface area (Å²) in [6.45, 7) is 8.35.